The Bertz CT molecular complexity index is 1600. The van der Waals surface area contributed by atoms with Crippen LogP contribution in [-0.2, 0) is 9.84 Å². The van der Waals surface area contributed by atoms with E-state index in [-0.39, 0.29) is 11.5 Å². The molecule has 6 nitrogen and oxygen atoms in total. The van der Waals surface area contributed by atoms with Gasteiger partial charge in [0.15, 0.2) is 15.6 Å². The highest BCUT2D eigenvalue weighted by Crippen LogP contribution is 2.39. The van der Waals surface area contributed by atoms with Crippen LogP contribution in [-0.4, -0.2) is 55.0 Å². The lowest BCUT2D eigenvalue weighted by Crippen LogP contribution is -2.30. The molecule has 4 aromatic rings. The first-order chi connectivity index (χ1) is 17.7. The summed E-state index contributed by atoms with van der Waals surface area (Å²) in [5.74, 6) is 0.760. The number of aromatic nitrogens is 2. The lowest BCUT2D eigenvalue weighted by atomic mass is 9.88. The summed E-state index contributed by atoms with van der Waals surface area (Å²) in [5, 5.41) is 1.95. The van der Waals surface area contributed by atoms with Gasteiger partial charge in [0.1, 0.15) is 5.65 Å². The molecular weight excluding hydrogens is 482 g/mol. The van der Waals surface area contributed by atoms with Crippen molar-refractivity contribution in [1.29, 1.82) is 0 Å². The van der Waals surface area contributed by atoms with Gasteiger partial charge in [0, 0.05) is 29.0 Å². The highest BCUT2D eigenvalue weighted by Gasteiger charge is 2.23. The number of nitrogens with zero attached hydrogens (tertiary/aromatic N) is 2. The molecule has 0 spiro atoms. The second-order valence-corrected chi connectivity index (χ2v) is 12.8. The summed E-state index contributed by atoms with van der Waals surface area (Å²) >= 11 is 0. The largest absolute Gasteiger partial charge is 0.339 e. The van der Waals surface area contributed by atoms with Gasteiger partial charge in [0.2, 0.25) is 0 Å². The fourth-order valence-electron chi connectivity index (χ4n) is 5.56. The molecule has 1 aliphatic heterocycles. The zero-order chi connectivity index (χ0) is 26.3. The molecule has 0 amide bonds. The van der Waals surface area contributed by atoms with Crippen LogP contribution in [0.2, 0.25) is 0 Å². The number of fused-ring (bicyclic) bond motifs is 3. The van der Waals surface area contributed by atoms with Crippen molar-refractivity contribution in [1.82, 2.24) is 14.9 Å². The molecule has 1 fully saturated rings. The van der Waals surface area contributed by atoms with Crippen LogP contribution in [0.25, 0.3) is 33.1 Å². The summed E-state index contributed by atoms with van der Waals surface area (Å²) in [5.41, 5.74) is 5.94. The number of ketones is 1. The Morgan fingerprint density at radius 1 is 1.14 bits per heavy atom. The van der Waals surface area contributed by atoms with E-state index in [9.17, 15) is 13.2 Å². The number of rotatable bonds is 7. The van der Waals surface area contributed by atoms with E-state index in [1.54, 1.807) is 25.1 Å². The third kappa shape index (κ3) is 4.94. The number of H-pyrrole nitrogens is 1. The maximum atomic E-state index is 13.6. The van der Waals surface area contributed by atoms with E-state index in [2.05, 4.69) is 28.0 Å². The van der Waals surface area contributed by atoms with Crippen LogP contribution in [0, 0.1) is 19.8 Å². The van der Waals surface area contributed by atoms with E-state index < -0.39 is 9.84 Å². The molecule has 7 heteroatoms. The lowest BCUT2D eigenvalue weighted by Gasteiger charge is -2.28. The Morgan fingerprint density at radius 3 is 2.62 bits per heavy atom. The number of hydrogen-bond donors (Lipinski definition) is 1. The number of nitrogens with one attached hydrogen (secondary N) is 1. The van der Waals surface area contributed by atoms with Gasteiger partial charge in [-0.05, 0) is 106 Å². The van der Waals surface area contributed by atoms with Crippen molar-refractivity contribution in [2.45, 2.75) is 51.3 Å². The summed E-state index contributed by atoms with van der Waals surface area (Å²) in [6.07, 6.45) is 5.52. The second-order valence-electron chi connectivity index (χ2n) is 10.5. The number of aryl methyl sites for hydroxylation is 2. The lowest BCUT2D eigenvalue weighted by molar-refractivity contribution is 0.0965. The molecular formula is C30H35N3O3S. The van der Waals surface area contributed by atoms with Gasteiger partial charge in [0.25, 0.3) is 0 Å². The monoisotopic (exact) mass is 517 g/mol. The fourth-order valence-corrected chi connectivity index (χ4v) is 6.48. The quantitative estimate of drug-likeness (QED) is 0.300. The third-order valence-electron chi connectivity index (χ3n) is 7.93. The van der Waals surface area contributed by atoms with Crippen LogP contribution >= 0.6 is 0 Å². The van der Waals surface area contributed by atoms with Gasteiger partial charge in [-0.25, -0.2) is 13.4 Å². The number of pyridine rings is 1. The first-order valence-electron chi connectivity index (χ1n) is 13.1. The van der Waals surface area contributed by atoms with E-state index in [4.69, 9.17) is 0 Å². The molecule has 1 aliphatic rings. The average molecular weight is 518 g/mol. The van der Waals surface area contributed by atoms with Crippen LogP contribution in [0.5, 0.6) is 0 Å². The van der Waals surface area contributed by atoms with Crippen molar-refractivity contribution in [2.24, 2.45) is 5.92 Å². The van der Waals surface area contributed by atoms with Crippen molar-refractivity contribution in [3.63, 3.8) is 0 Å². The van der Waals surface area contributed by atoms with Crippen molar-refractivity contribution in [3.8, 4) is 11.1 Å². The van der Waals surface area contributed by atoms with Gasteiger partial charge in [-0.3, -0.25) is 4.79 Å². The van der Waals surface area contributed by atoms with Gasteiger partial charge < -0.3 is 9.88 Å². The molecule has 0 unspecified atom stereocenters. The normalized spacial score (nSPS) is 15.6. The Kier molecular flexibility index (Phi) is 6.94. The molecule has 3 heterocycles. The number of carbonyl (C=O) groups is 1. The molecule has 0 aliphatic carbocycles. The third-order valence-corrected chi connectivity index (χ3v) is 9.66. The Hall–Kier alpha value is -3.03. The minimum Gasteiger partial charge on any atom is -0.339 e. The van der Waals surface area contributed by atoms with E-state index in [1.165, 1.54) is 0 Å². The molecule has 2 aromatic carbocycles. The minimum atomic E-state index is -3.37. The van der Waals surface area contributed by atoms with Gasteiger partial charge in [-0.15, -0.1) is 0 Å². The zero-order valence-electron chi connectivity index (χ0n) is 22.1. The van der Waals surface area contributed by atoms with Crippen molar-refractivity contribution in [2.75, 3.05) is 25.9 Å². The van der Waals surface area contributed by atoms with Crippen LogP contribution in [0.3, 0.4) is 0 Å². The fraction of sp³-hybridized carbons (Fsp3) is 0.400. The van der Waals surface area contributed by atoms with Gasteiger partial charge in [-0.2, -0.15) is 0 Å². The van der Waals surface area contributed by atoms with E-state index in [1.807, 2.05) is 32.2 Å². The number of Topliss-reactive ketones (excluding diaryl/α,β-unsaturated/α-hetero) is 1. The Labute approximate surface area is 219 Å². The van der Waals surface area contributed by atoms with E-state index >= 15 is 0 Å². The van der Waals surface area contributed by atoms with Crippen molar-refractivity contribution >= 4 is 37.6 Å². The molecule has 1 N–H and O–H groups in total. The number of carbonyl (C=O) groups excluding carboxylic acids is 1. The van der Waals surface area contributed by atoms with E-state index in [0.717, 1.165) is 76.5 Å². The van der Waals surface area contributed by atoms with Crippen molar-refractivity contribution < 1.29 is 13.2 Å². The molecule has 2 aromatic heterocycles. The summed E-state index contributed by atoms with van der Waals surface area (Å²) in [7, 11) is -1.22. The first kappa shape index (κ1) is 25.6. The zero-order valence-corrected chi connectivity index (χ0v) is 22.9. The van der Waals surface area contributed by atoms with Crippen molar-refractivity contribution in [3.05, 3.63) is 59.3 Å². The number of hydrogen-bond acceptors (Lipinski definition) is 5. The van der Waals surface area contributed by atoms with Crippen LogP contribution in [0.4, 0.5) is 0 Å². The number of aromatic amines is 1. The maximum absolute atomic E-state index is 13.6. The topological polar surface area (TPSA) is 83.1 Å². The predicted molar refractivity (Wildman–Crippen MR) is 150 cm³/mol. The second kappa shape index (κ2) is 10.0. The molecule has 5 rings (SSSR count). The van der Waals surface area contributed by atoms with Crippen LogP contribution in [0.15, 0.2) is 47.5 Å². The predicted octanol–water partition coefficient (Wildman–Crippen LogP) is 6.10. The number of sulfone groups is 1. The highest BCUT2D eigenvalue weighted by molar-refractivity contribution is 7.91. The first-order valence-corrected chi connectivity index (χ1v) is 14.8. The van der Waals surface area contributed by atoms with Gasteiger partial charge >= 0.3 is 0 Å². The van der Waals surface area contributed by atoms with E-state index in [0.29, 0.717) is 22.8 Å². The summed E-state index contributed by atoms with van der Waals surface area (Å²) in [6, 6.07) is 11.2. The minimum absolute atomic E-state index is 0.0383. The maximum Gasteiger partial charge on any atom is 0.178 e. The van der Waals surface area contributed by atoms with Crippen LogP contribution in [0.1, 0.15) is 54.1 Å². The van der Waals surface area contributed by atoms with Gasteiger partial charge in [-0.1, -0.05) is 19.1 Å². The SMILES string of the molecule is CCS(=O)(=O)c1cccc(-c2cc(C(=O)CCC3CCN(C)CC3)c(C)c3[nH]c4ncc(C)cc4c23)c1. The Morgan fingerprint density at radius 2 is 1.89 bits per heavy atom. The smallest absolute Gasteiger partial charge is 0.178 e. The molecule has 0 saturated carbocycles. The van der Waals surface area contributed by atoms with Gasteiger partial charge in [0.05, 0.1) is 16.2 Å². The summed E-state index contributed by atoms with van der Waals surface area (Å²) in [6.45, 7) is 7.84. The molecule has 194 valence electrons. The van der Waals surface area contributed by atoms with Crippen LogP contribution < -0.4 is 0 Å². The standard InChI is InChI=1S/C30H35N3O3S/c1-5-37(35,36)23-8-6-7-22(16-23)25-17-24(27(34)10-9-21-11-13-33(4)14-12-21)20(3)29-28(25)26-15-19(2)18-31-30(26)32-29/h6-8,15-18,21H,5,9-14H2,1-4H3,(H,31,32). The highest BCUT2D eigenvalue weighted by atomic mass is 32.2. The molecule has 0 bridgehead atoms. The molecule has 0 radical (unpaired) electrons. The number of piperidine rings is 1. The number of likely N-dealkylation sites (tertiary alicyclic amines) is 1. The average Bonchev–Trinajstić information content (AvgIpc) is 3.28. The molecule has 0 atom stereocenters. The summed E-state index contributed by atoms with van der Waals surface area (Å²) in [4.78, 5) is 24.3. The molecule has 1 saturated heterocycles. The Balaban J connectivity index is 1.64. The number of benzene rings is 2. The summed E-state index contributed by atoms with van der Waals surface area (Å²) < 4.78 is 25.3. The molecule has 37 heavy (non-hydrogen) atoms.